The smallest absolute Gasteiger partial charge is 0.245 e. The number of aromatic nitrogens is 2. The van der Waals surface area contributed by atoms with Gasteiger partial charge in [0.15, 0.2) is 0 Å². The fourth-order valence-electron chi connectivity index (χ4n) is 3.68. The summed E-state index contributed by atoms with van der Waals surface area (Å²) in [4.78, 5) is 13.8. The number of carbonyl (C=O) groups excluding carboxylic acids is 1. The number of rotatable bonds is 5. The Hall–Kier alpha value is -1.44. The van der Waals surface area contributed by atoms with E-state index < -0.39 is 0 Å². The van der Waals surface area contributed by atoms with E-state index in [2.05, 4.69) is 21.4 Å². The quantitative estimate of drug-likeness (QED) is 0.853. The van der Waals surface area contributed by atoms with Crippen LogP contribution in [0.2, 0.25) is 0 Å². The maximum absolute atomic E-state index is 11.3. The van der Waals surface area contributed by atoms with E-state index in [9.17, 15) is 4.79 Å². The molecule has 1 N–H and O–H groups in total. The number of nitrogens with zero attached hydrogens (tertiary/aromatic N) is 3. The molecule has 1 aromatic heterocycles. The number of ether oxygens (including phenoxy) is 2. The highest BCUT2D eigenvalue weighted by atomic mass is 16.6. The lowest BCUT2D eigenvalue weighted by atomic mass is 9.88. The van der Waals surface area contributed by atoms with E-state index in [1.54, 1.807) is 7.05 Å². The Balaban J connectivity index is 1.46. The Labute approximate surface area is 143 Å². The minimum absolute atomic E-state index is 0.0357. The van der Waals surface area contributed by atoms with E-state index >= 15 is 0 Å². The van der Waals surface area contributed by atoms with Crippen LogP contribution in [0.5, 0.6) is 0 Å². The van der Waals surface area contributed by atoms with Crippen molar-refractivity contribution in [3.63, 3.8) is 0 Å². The van der Waals surface area contributed by atoms with E-state index in [1.165, 1.54) is 5.69 Å². The Bertz CT molecular complexity index is 578. The lowest BCUT2D eigenvalue weighted by Crippen LogP contribution is -2.44. The molecule has 2 saturated heterocycles. The summed E-state index contributed by atoms with van der Waals surface area (Å²) in [5, 5.41) is 6.99. The third kappa shape index (κ3) is 3.96. The Morgan fingerprint density at radius 3 is 2.88 bits per heavy atom. The van der Waals surface area contributed by atoms with Gasteiger partial charge in [0.25, 0.3) is 0 Å². The van der Waals surface area contributed by atoms with Crippen LogP contribution in [0.15, 0.2) is 6.07 Å². The van der Waals surface area contributed by atoms with Gasteiger partial charge in [-0.1, -0.05) is 0 Å². The number of nitrogens with one attached hydrogen (secondary N) is 1. The molecule has 1 aromatic rings. The molecule has 1 spiro atoms. The van der Waals surface area contributed by atoms with Crippen molar-refractivity contribution in [3.8, 4) is 0 Å². The van der Waals surface area contributed by atoms with Crippen LogP contribution in [-0.4, -0.2) is 65.6 Å². The molecule has 24 heavy (non-hydrogen) atoms. The minimum atomic E-state index is -0.0859. The lowest BCUT2D eigenvalue weighted by molar-refractivity contribution is -0.127. The third-order valence-corrected chi connectivity index (χ3v) is 5.16. The van der Waals surface area contributed by atoms with E-state index in [1.807, 2.05) is 18.7 Å². The van der Waals surface area contributed by atoms with E-state index in [-0.39, 0.29) is 24.2 Å². The molecule has 0 radical (unpaired) electrons. The highest BCUT2D eigenvalue weighted by Crippen LogP contribution is 2.37. The topological polar surface area (TPSA) is 68.6 Å². The predicted molar refractivity (Wildman–Crippen MR) is 89.6 cm³/mol. The van der Waals surface area contributed by atoms with E-state index in [4.69, 9.17) is 9.47 Å². The van der Waals surface area contributed by atoms with Crippen LogP contribution in [0.1, 0.15) is 30.7 Å². The second kappa shape index (κ2) is 7.21. The monoisotopic (exact) mass is 336 g/mol. The lowest BCUT2D eigenvalue weighted by Gasteiger charge is -2.38. The average molecular weight is 336 g/mol. The first-order valence-electron chi connectivity index (χ1n) is 8.68. The highest BCUT2D eigenvalue weighted by molar-refractivity contribution is 5.76. The molecule has 3 heterocycles. The number of hydrogen-bond donors (Lipinski definition) is 1. The van der Waals surface area contributed by atoms with Crippen molar-refractivity contribution in [1.82, 2.24) is 20.0 Å². The first-order valence-corrected chi connectivity index (χ1v) is 8.68. The number of piperidine rings is 1. The van der Waals surface area contributed by atoms with Gasteiger partial charge in [-0.25, -0.2) is 0 Å². The first kappa shape index (κ1) is 17.4. The van der Waals surface area contributed by atoms with E-state index in [0.717, 1.165) is 44.6 Å². The normalized spacial score (nSPS) is 23.7. The molecule has 7 nitrogen and oxygen atoms in total. The van der Waals surface area contributed by atoms with Crippen molar-refractivity contribution in [2.75, 3.05) is 33.4 Å². The number of hydrogen-bond acceptors (Lipinski definition) is 5. The summed E-state index contributed by atoms with van der Waals surface area (Å²) in [5.74, 6) is -0.0859. The summed E-state index contributed by atoms with van der Waals surface area (Å²) in [6.45, 7) is 5.72. The Morgan fingerprint density at radius 2 is 2.25 bits per heavy atom. The second-order valence-electron chi connectivity index (χ2n) is 6.98. The Kier molecular flexibility index (Phi) is 5.22. The van der Waals surface area contributed by atoms with Gasteiger partial charge in [-0.15, -0.1) is 0 Å². The van der Waals surface area contributed by atoms with Gasteiger partial charge in [-0.3, -0.25) is 14.4 Å². The summed E-state index contributed by atoms with van der Waals surface area (Å²) < 4.78 is 13.7. The van der Waals surface area contributed by atoms with Crippen LogP contribution in [-0.2, 0) is 27.9 Å². The average Bonchev–Trinajstić information content (AvgIpc) is 3.11. The van der Waals surface area contributed by atoms with Crippen LogP contribution in [0, 0.1) is 6.92 Å². The number of amides is 1. The molecule has 0 unspecified atom stereocenters. The second-order valence-corrected chi connectivity index (χ2v) is 6.98. The molecule has 1 atom stereocenters. The van der Waals surface area contributed by atoms with Crippen molar-refractivity contribution in [1.29, 1.82) is 0 Å². The van der Waals surface area contributed by atoms with Crippen molar-refractivity contribution >= 4 is 5.91 Å². The number of likely N-dealkylation sites (tertiary alicyclic amines) is 1. The van der Waals surface area contributed by atoms with Crippen molar-refractivity contribution < 1.29 is 14.3 Å². The van der Waals surface area contributed by atoms with Gasteiger partial charge < -0.3 is 14.8 Å². The highest BCUT2D eigenvalue weighted by Gasteiger charge is 2.43. The standard InChI is InChI=1S/C17H28N4O3/c1-13-8-14(20(3)19-13)10-21-6-4-17(5-7-21)9-15(11-24-17)23-12-16(22)18-2/h8,15H,4-7,9-12H2,1-3H3,(H,18,22)/t15-/m1/s1. The molecule has 2 fully saturated rings. The van der Waals surface area contributed by atoms with Crippen molar-refractivity contribution in [3.05, 3.63) is 17.5 Å². The number of carbonyl (C=O) groups is 1. The molecule has 0 aromatic carbocycles. The fourth-order valence-corrected chi connectivity index (χ4v) is 3.68. The van der Waals surface area contributed by atoms with Gasteiger partial charge >= 0.3 is 0 Å². The molecule has 2 aliphatic heterocycles. The molecule has 7 heteroatoms. The minimum Gasteiger partial charge on any atom is -0.372 e. The molecular formula is C17H28N4O3. The summed E-state index contributed by atoms with van der Waals surface area (Å²) in [6, 6.07) is 2.15. The molecular weight excluding hydrogens is 308 g/mol. The van der Waals surface area contributed by atoms with Gasteiger partial charge in [0.05, 0.1) is 29.7 Å². The SMILES string of the molecule is CNC(=O)CO[C@H]1COC2(CCN(Cc3cc(C)nn3C)CC2)C1. The van der Waals surface area contributed by atoms with Crippen molar-refractivity contribution in [2.45, 2.75) is 44.4 Å². The molecule has 0 bridgehead atoms. The zero-order valence-corrected chi connectivity index (χ0v) is 14.9. The molecule has 0 aliphatic carbocycles. The van der Waals surface area contributed by atoms with Crippen LogP contribution in [0.4, 0.5) is 0 Å². The first-order chi connectivity index (χ1) is 11.5. The molecule has 1 amide bonds. The third-order valence-electron chi connectivity index (χ3n) is 5.16. The van der Waals surface area contributed by atoms with Gasteiger partial charge in [0.1, 0.15) is 6.61 Å². The zero-order valence-electron chi connectivity index (χ0n) is 14.9. The van der Waals surface area contributed by atoms with Crippen LogP contribution in [0.3, 0.4) is 0 Å². The summed E-state index contributed by atoms with van der Waals surface area (Å²) in [5.41, 5.74) is 2.26. The molecule has 134 valence electrons. The van der Waals surface area contributed by atoms with Crippen LogP contribution in [0.25, 0.3) is 0 Å². The summed E-state index contributed by atoms with van der Waals surface area (Å²) in [6.07, 6.45) is 2.96. The maximum atomic E-state index is 11.3. The molecule has 0 saturated carbocycles. The Morgan fingerprint density at radius 1 is 1.50 bits per heavy atom. The van der Waals surface area contributed by atoms with Gasteiger partial charge in [0.2, 0.25) is 5.91 Å². The van der Waals surface area contributed by atoms with E-state index in [0.29, 0.717) is 6.61 Å². The van der Waals surface area contributed by atoms with Crippen LogP contribution >= 0.6 is 0 Å². The van der Waals surface area contributed by atoms with Gasteiger partial charge in [-0.05, 0) is 25.8 Å². The largest absolute Gasteiger partial charge is 0.372 e. The summed E-state index contributed by atoms with van der Waals surface area (Å²) in [7, 11) is 3.63. The van der Waals surface area contributed by atoms with Crippen LogP contribution < -0.4 is 5.32 Å². The zero-order chi connectivity index (χ0) is 17.2. The van der Waals surface area contributed by atoms with Gasteiger partial charge in [0, 0.05) is 40.2 Å². The maximum Gasteiger partial charge on any atom is 0.245 e. The van der Waals surface area contributed by atoms with Gasteiger partial charge in [-0.2, -0.15) is 5.10 Å². The number of likely N-dealkylation sites (N-methyl/N-ethyl adjacent to an activating group) is 1. The predicted octanol–water partition coefficient (Wildman–Crippen LogP) is 0.615. The summed E-state index contributed by atoms with van der Waals surface area (Å²) >= 11 is 0. The molecule has 2 aliphatic rings. The number of aryl methyl sites for hydroxylation is 2. The fraction of sp³-hybridized carbons (Fsp3) is 0.765. The molecule has 3 rings (SSSR count). The van der Waals surface area contributed by atoms with Crippen molar-refractivity contribution in [2.24, 2.45) is 7.05 Å².